The SMILES string of the molecule is CCC1CCC2(C)CCCC=C12. The zero-order valence-corrected chi connectivity index (χ0v) is 8.40. The molecule has 1 saturated carbocycles. The van der Waals surface area contributed by atoms with Gasteiger partial charge in [0.05, 0.1) is 0 Å². The maximum absolute atomic E-state index is 2.55. The molecular formula is C12H20. The van der Waals surface area contributed by atoms with Crippen molar-refractivity contribution >= 4 is 0 Å². The Balaban J connectivity index is 2.25. The van der Waals surface area contributed by atoms with Crippen molar-refractivity contribution in [2.75, 3.05) is 0 Å². The third-order valence-corrected chi connectivity index (χ3v) is 3.97. The summed E-state index contributed by atoms with van der Waals surface area (Å²) < 4.78 is 0. The van der Waals surface area contributed by atoms with Crippen LogP contribution in [0.3, 0.4) is 0 Å². The fourth-order valence-corrected chi connectivity index (χ4v) is 3.14. The van der Waals surface area contributed by atoms with Crippen LogP contribution in [0.1, 0.15) is 52.4 Å². The van der Waals surface area contributed by atoms with Gasteiger partial charge >= 0.3 is 0 Å². The Morgan fingerprint density at radius 3 is 3.08 bits per heavy atom. The van der Waals surface area contributed by atoms with Crippen LogP contribution in [0.5, 0.6) is 0 Å². The average molecular weight is 164 g/mol. The molecule has 0 bridgehead atoms. The van der Waals surface area contributed by atoms with Crippen LogP contribution in [0.25, 0.3) is 0 Å². The molecule has 0 aliphatic heterocycles. The first kappa shape index (κ1) is 8.34. The monoisotopic (exact) mass is 164 g/mol. The highest BCUT2D eigenvalue weighted by atomic mass is 14.4. The van der Waals surface area contributed by atoms with E-state index in [-0.39, 0.29) is 0 Å². The summed E-state index contributed by atoms with van der Waals surface area (Å²) in [6.45, 7) is 4.82. The second-order valence-electron chi connectivity index (χ2n) is 4.76. The minimum atomic E-state index is 0.624. The lowest BCUT2D eigenvalue weighted by molar-refractivity contribution is 0.348. The predicted octanol–water partition coefficient (Wildman–Crippen LogP) is 3.92. The molecule has 0 radical (unpaired) electrons. The highest BCUT2D eigenvalue weighted by Gasteiger charge is 2.39. The van der Waals surface area contributed by atoms with Gasteiger partial charge in [-0.05, 0) is 49.9 Å². The van der Waals surface area contributed by atoms with Gasteiger partial charge in [0.15, 0.2) is 0 Å². The molecule has 0 spiro atoms. The molecule has 0 N–H and O–H groups in total. The molecule has 0 heteroatoms. The molecule has 68 valence electrons. The van der Waals surface area contributed by atoms with Gasteiger partial charge in [-0.2, -0.15) is 0 Å². The Morgan fingerprint density at radius 2 is 2.33 bits per heavy atom. The van der Waals surface area contributed by atoms with Crippen LogP contribution < -0.4 is 0 Å². The van der Waals surface area contributed by atoms with Gasteiger partial charge in [0.25, 0.3) is 0 Å². The highest BCUT2D eigenvalue weighted by molar-refractivity contribution is 5.23. The van der Waals surface area contributed by atoms with Crippen molar-refractivity contribution in [3.8, 4) is 0 Å². The second kappa shape index (κ2) is 2.90. The first-order valence-corrected chi connectivity index (χ1v) is 5.47. The van der Waals surface area contributed by atoms with Crippen molar-refractivity contribution < 1.29 is 0 Å². The van der Waals surface area contributed by atoms with E-state index in [0.717, 1.165) is 5.92 Å². The van der Waals surface area contributed by atoms with Gasteiger partial charge in [0, 0.05) is 0 Å². The van der Waals surface area contributed by atoms with Crippen LogP contribution in [0.2, 0.25) is 0 Å². The smallest absolute Gasteiger partial charge is 0.0113 e. The standard InChI is InChI=1S/C12H20/c1-3-10-7-9-12(2)8-5-4-6-11(10)12/h6,10H,3-5,7-9H2,1-2H3. The molecular weight excluding hydrogens is 144 g/mol. The second-order valence-corrected chi connectivity index (χ2v) is 4.76. The molecule has 0 heterocycles. The quantitative estimate of drug-likeness (QED) is 0.515. The molecule has 2 aliphatic rings. The minimum Gasteiger partial charge on any atom is -0.0845 e. The van der Waals surface area contributed by atoms with E-state index in [4.69, 9.17) is 0 Å². The van der Waals surface area contributed by atoms with Gasteiger partial charge < -0.3 is 0 Å². The molecule has 0 amide bonds. The summed E-state index contributed by atoms with van der Waals surface area (Å²) >= 11 is 0. The predicted molar refractivity (Wildman–Crippen MR) is 53.1 cm³/mol. The van der Waals surface area contributed by atoms with Crippen LogP contribution in [-0.4, -0.2) is 0 Å². The summed E-state index contributed by atoms with van der Waals surface area (Å²) in [6, 6.07) is 0. The van der Waals surface area contributed by atoms with E-state index in [1.54, 1.807) is 0 Å². The number of hydrogen-bond donors (Lipinski definition) is 0. The third-order valence-electron chi connectivity index (χ3n) is 3.97. The van der Waals surface area contributed by atoms with Crippen molar-refractivity contribution in [1.29, 1.82) is 0 Å². The third kappa shape index (κ3) is 1.12. The fraction of sp³-hybridized carbons (Fsp3) is 0.833. The van der Waals surface area contributed by atoms with Crippen molar-refractivity contribution in [2.45, 2.75) is 52.4 Å². The van der Waals surface area contributed by atoms with Crippen LogP contribution in [-0.2, 0) is 0 Å². The van der Waals surface area contributed by atoms with E-state index in [9.17, 15) is 0 Å². The van der Waals surface area contributed by atoms with Gasteiger partial charge in [-0.1, -0.05) is 25.5 Å². The van der Waals surface area contributed by atoms with Gasteiger partial charge in [0.2, 0.25) is 0 Å². The fourth-order valence-electron chi connectivity index (χ4n) is 3.14. The maximum atomic E-state index is 2.55. The van der Waals surface area contributed by atoms with E-state index in [1.165, 1.54) is 38.5 Å². The molecule has 2 unspecified atom stereocenters. The lowest BCUT2D eigenvalue weighted by Gasteiger charge is -2.31. The van der Waals surface area contributed by atoms with E-state index in [1.807, 2.05) is 5.57 Å². The van der Waals surface area contributed by atoms with Crippen molar-refractivity contribution in [3.05, 3.63) is 11.6 Å². The first-order chi connectivity index (χ1) is 5.76. The number of fused-ring (bicyclic) bond motifs is 1. The average Bonchev–Trinajstić information content (AvgIpc) is 2.41. The number of hydrogen-bond acceptors (Lipinski definition) is 0. The normalized spacial score (nSPS) is 40.8. The summed E-state index contributed by atoms with van der Waals surface area (Å²) in [7, 11) is 0. The summed E-state index contributed by atoms with van der Waals surface area (Å²) in [6.07, 6.45) is 11.1. The highest BCUT2D eigenvalue weighted by Crippen LogP contribution is 2.52. The molecule has 12 heavy (non-hydrogen) atoms. The summed E-state index contributed by atoms with van der Waals surface area (Å²) in [5.74, 6) is 0.940. The van der Waals surface area contributed by atoms with E-state index in [0.29, 0.717) is 5.41 Å². The van der Waals surface area contributed by atoms with Gasteiger partial charge in [-0.15, -0.1) is 0 Å². The summed E-state index contributed by atoms with van der Waals surface area (Å²) in [4.78, 5) is 0. The zero-order valence-electron chi connectivity index (χ0n) is 8.40. The molecule has 0 aromatic carbocycles. The molecule has 0 aromatic heterocycles. The molecule has 1 fully saturated rings. The Bertz CT molecular complexity index is 202. The topological polar surface area (TPSA) is 0 Å². The lowest BCUT2D eigenvalue weighted by atomic mass is 9.74. The molecule has 0 nitrogen and oxygen atoms in total. The Labute approximate surface area is 76.1 Å². The van der Waals surface area contributed by atoms with Gasteiger partial charge in [0.1, 0.15) is 0 Å². The van der Waals surface area contributed by atoms with E-state index < -0.39 is 0 Å². The van der Waals surface area contributed by atoms with Crippen LogP contribution in [0.4, 0.5) is 0 Å². The van der Waals surface area contributed by atoms with Gasteiger partial charge in [-0.3, -0.25) is 0 Å². The van der Waals surface area contributed by atoms with Crippen molar-refractivity contribution in [3.63, 3.8) is 0 Å². The van der Waals surface area contributed by atoms with E-state index in [2.05, 4.69) is 19.9 Å². The van der Waals surface area contributed by atoms with Crippen LogP contribution >= 0.6 is 0 Å². The zero-order chi connectivity index (χ0) is 8.60. The van der Waals surface area contributed by atoms with Crippen LogP contribution in [0, 0.1) is 11.3 Å². The van der Waals surface area contributed by atoms with E-state index >= 15 is 0 Å². The summed E-state index contributed by atoms with van der Waals surface area (Å²) in [5, 5.41) is 0. The Morgan fingerprint density at radius 1 is 1.50 bits per heavy atom. The maximum Gasteiger partial charge on any atom is -0.0113 e. The van der Waals surface area contributed by atoms with Crippen molar-refractivity contribution in [1.82, 2.24) is 0 Å². The largest absolute Gasteiger partial charge is 0.0845 e. The first-order valence-electron chi connectivity index (χ1n) is 5.47. The summed E-state index contributed by atoms with van der Waals surface area (Å²) in [5.41, 5.74) is 2.44. The Hall–Kier alpha value is -0.260. The molecule has 2 atom stereocenters. The molecule has 2 rings (SSSR count). The lowest BCUT2D eigenvalue weighted by Crippen LogP contribution is -2.18. The van der Waals surface area contributed by atoms with Crippen molar-refractivity contribution in [2.24, 2.45) is 11.3 Å². The molecule has 0 aromatic rings. The minimum absolute atomic E-state index is 0.624. The van der Waals surface area contributed by atoms with Crippen LogP contribution in [0.15, 0.2) is 11.6 Å². The number of rotatable bonds is 1. The Kier molecular flexibility index (Phi) is 2.02. The van der Waals surface area contributed by atoms with Gasteiger partial charge in [-0.25, -0.2) is 0 Å². The number of allylic oxidation sites excluding steroid dienone is 2. The molecule has 0 saturated heterocycles. The molecule has 2 aliphatic carbocycles.